The van der Waals surface area contributed by atoms with Crippen LogP contribution in [0.1, 0.15) is 10.4 Å². The summed E-state index contributed by atoms with van der Waals surface area (Å²) in [7, 11) is 1.57. The maximum absolute atomic E-state index is 12.0. The van der Waals surface area contributed by atoms with Gasteiger partial charge in [-0.1, -0.05) is 16.8 Å². The van der Waals surface area contributed by atoms with Crippen LogP contribution in [-0.4, -0.2) is 54.5 Å². The lowest BCUT2D eigenvalue weighted by atomic mass is 10.1. The van der Waals surface area contributed by atoms with Gasteiger partial charge in [-0.15, -0.1) is 0 Å². The zero-order valence-corrected chi connectivity index (χ0v) is 16.5. The molecule has 0 unspecified atom stereocenters. The van der Waals surface area contributed by atoms with E-state index in [1.165, 1.54) is 0 Å². The van der Waals surface area contributed by atoms with E-state index >= 15 is 0 Å². The van der Waals surface area contributed by atoms with E-state index in [4.69, 9.17) is 20.9 Å². The van der Waals surface area contributed by atoms with Gasteiger partial charge in [0, 0.05) is 37.9 Å². The van der Waals surface area contributed by atoms with Crippen molar-refractivity contribution in [3.8, 4) is 17.1 Å². The van der Waals surface area contributed by atoms with Crippen LogP contribution >= 0.6 is 11.6 Å². The number of halogens is 1. The molecule has 8 nitrogen and oxygen atoms in total. The average molecular weight is 415 g/mol. The lowest BCUT2D eigenvalue weighted by Crippen LogP contribution is -2.47. The molecule has 9 heteroatoms. The summed E-state index contributed by atoms with van der Waals surface area (Å²) >= 11 is 6.24. The van der Waals surface area contributed by atoms with Crippen molar-refractivity contribution in [3.05, 3.63) is 53.2 Å². The highest BCUT2D eigenvalue weighted by atomic mass is 35.5. The Bertz CT molecular complexity index is 1010. The first-order valence-corrected chi connectivity index (χ1v) is 9.44. The molecule has 0 radical (unpaired) electrons. The SMILES string of the molecule is COc1ccc(-c2onc(N3CCN(c4ncccc4Cl)CC3)c2C(=O)O)cc1. The molecule has 150 valence electrons. The first-order valence-electron chi connectivity index (χ1n) is 9.06. The lowest BCUT2D eigenvalue weighted by molar-refractivity contribution is 0.0698. The number of benzene rings is 1. The Kier molecular flexibility index (Phi) is 5.26. The standard InChI is InChI=1S/C20H19ClN4O4/c1-28-14-6-4-13(5-7-14)17-16(20(26)27)19(23-29-17)25-11-9-24(10-12-25)18-15(21)3-2-8-22-18/h2-8H,9-12H2,1H3,(H,26,27). The summed E-state index contributed by atoms with van der Waals surface area (Å²) in [4.78, 5) is 20.3. The van der Waals surface area contributed by atoms with Crippen molar-refractivity contribution in [1.29, 1.82) is 0 Å². The Morgan fingerprint density at radius 3 is 2.34 bits per heavy atom. The molecule has 3 aromatic rings. The topological polar surface area (TPSA) is 91.9 Å². The number of carbonyl (C=O) groups is 1. The summed E-state index contributed by atoms with van der Waals surface area (Å²) in [5, 5.41) is 14.5. The van der Waals surface area contributed by atoms with E-state index in [-0.39, 0.29) is 11.3 Å². The number of anilines is 2. The van der Waals surface area contributed by atoms with Gasteiger partial charge in [-0.3, -0.25) is 0 Å². The van der Waals surface area contributed by atoms with Crippen molar-refractivity contribution < 1.29 is 19.2 Å². The molecule has 1 N–H and O–H groups in total. The van der Waals surface area contributed by atoms with Crippen LogP contribution in [-0.2, 0) is 0 Å². The second-order valence-corrected chi connectivity index (χ2v) is 6.93. The van der Waals surface area contributed by atoms with Crippen LogP contribution < -0.4 is 14.5 Å². The molecule has 2 aromatic heterocycles. The fourth-order valence-corrected chi connectivity index (χ4v) is 3.61. The Morgan fingerprint density at radius 2 is 1.76 bits per heavy atom. The van der Waals surface area contributed by atoms with Gasteiger partial charge >= 0.3 is 5.97 Å². The molecule has 1 aromatic carbocycles. The van der Waals surface area contributed by atoms with E-state index in [1.807, 2.05) is 4.90 Å². The highest BCUT2D eigenvalue weighted by Crippen LogP contribution is 2.33. The Labute approximate surface area is 172 Å². The van der Waals surface area contributed by atoms with E-state index in [1.54, 1.807) is 49.7 Å². The molecule has 3 heterocycles. The van der Waals surface area contributed by atoms with Gasteiger partial charge in [0.15, 0.2) is 17.1 Å². The molecule has 4 rings (SSSR count). The van der Waals surface area contributed by atoms with Crippen LogP contribution in [0.25, 0.3) is 11.3 Å². The molecule has 0 amide bonds. The number of nitrogens with zero attached hydrogens (tertiary/aromatic N) is 4. The van der Waals surface area contributed by atoms with Crippen molar-refractivity contribution in [1.82, 2.24) is 10.1 Å². The number of pyridine rings is 1. The smallest absolute Gasteiger partial charge is 0.343 e. The summed E-state index contributed by atoms with van der Waals surface area (Å²) < 4.78 is 10.6. The van der Waals surface area contributed by atoms with E-state index in [0.29, 0.717) is 48.3 Å². The van der Waals surface area contributed by atoms with E-state index < -0.39 is 5.97 Å². The van der Waals surface area contributed by atoms with Crippen LogP contribution in [0.2, 0.25) is 5.02 Å². The number of aromatic nitrogens is 2. The third-order valence-electron chi connectivity index (χ3n) is 4.86. The van der Waals surface area contributed by atoms with E-state index in [2.05, 4.69) is 15.0 Å². The van der Waals surface area contributed by atoms with Crippen molar-refractivity contribution in [3.63, 3.8) is 0 Å². The van der Waals surface area contributed by atoms with Crippen molar-refractivity contribution in [2.75, 3.05) is 43.1 Å². The van der Waals surface area contributed by atoms with E-state index in [9.17, 15) is 9.90 Å². The number of rotatable bonds is 5. The van der Waals surface area contributed by atoms with E-state index in [0.717, 1.165) is 5.82 Å². The lowest BCUT2D eigenvalue weighted by Gasteiger charge is -2.35. The molecule has 0 saturated carbocycles. The first kappa shape index (κ1) is 19.1. The van der Waals surface area contributed by atoms with Gasteiger partial charge in [-0.2, -0.15) is 0 Å². The van der Waals surface area contributed by atoms with Gasteiger partial charge in [0.25, 0.3) is 0 Å². The van der Waals surface area contributed by atoms with Crippen LogP contribution in [0.15, 0.2) is 47.1 Å². The van der Waals surface area contributed by atoms with Crippen molar-refractivity contribution in [2.24, 2.45) is 0 Å². The third kappa shape index (κ3) is 3.71. The Hall–Kier alpha value is -3.26. The number of carboxylic acid groups (broad SMARTS) is 1. The maximum atomic E-state index is 12.0. The molecular formula is C20H19ClN4O4. The predicted molar refractivity (Wildman–Crippen MR) is 109 cm³/mol. The van der Waals surface area contributed by atoms with Gasteiger partial charge in [-0.05, 0) is 36.4 Å². The second kappa shape index (κ2) is 8.00. The highest BCUT2D eigenvalue weighted by molar-refractivity contribution is 6.32. The predicted octanol–water partition coefficient (Wildman–Crippen LogP) is 3.42. The average Bonchev–Trinajstić information content (AvgIpc) is 3.20. The van der Waals surface area contributed by atoms with Gasteiger partial charge in [-0.25, -0.2) is 9.78 Å². The van der Waals surface area contributed by atoms with Crippen LogP contribution in [0.4, 0.5) is 11.6 Å². The second-order valence-electron chi connectivity index (χ2n) is 6.53. The number of piperazine rings is 1. The molecule has 0 aliphatic carbocycles. The third-order valence-corrected chi connectivity index (χ3v) is 5.15. The summed E-state index contributed by atoms with van der Waals surface area (Å²) in [6.45, 7) is 2.42. The molecule has 1 aliphatic rings. The largest absolute Gasteiger partial charge is 0.497 e. The highest BCUT2D eigenvalue weighted by Gasteiger charge is 2.30. The van der Waals surface area contributed by atoms with Crippen molar-refractivity contribution in [2.45, 2.75) is 0 Å². The summed E-state index contributed by atoms with van der Waals surface area (Å²) in [6.07, 6.45) is 1.70. The quantitative estimate of drug-likeness (QED) is 0.679. The Morgan fingerprint density at radius 1 is 1.10 bits per heavy atom. The molecule has 1 fully saturated rings. The number of hydrogen-bond acceptors (Lipinski definition) is 7. The molecule has 29 heavy (non-hydrogen) atoms. The fraction of sp³-hybridized carbons (Fsp3) is 0.250. The zero-order valence-electron chi connectivity index (χ0n) is 15.7. The minimum absolute atomic E-state index is 0.0551. The zero-order chi connectivity index (χ0) is 20.4. The first-order chi connectivity index (χ1) is 14.1. The summed E-state index contributed by atoms with van der Waals surface area (Å²) in [5.74, 6) is 0.878. The maximum Gasteiger partial charge on any atom is 0.343 e. The van der Waals surface area contributed by atoms with Crippen molar-refractivity contribution >= 4 is 29.2 Å². The summed E-state index contributed by atoms with van der Waals surface area (Å²) in [5.41, 5.74) is 0.681. The Balaban J connectivity index is 1.57. The monoisotopic (exact) mass is 414 g/mol. The number of methoxy groups -OCH3 is 1. The molecule has 0 atom stereocenters. The molecule has 1 aliphatic heterocycles. The fourth-order valence-electron chi connectivity index (χ4n) is 3.37. The number of aromatic carboxylic acids is 1. The van der Waals surface area contributed by atoms with Crippen LogP contribution in [0.5, 0.6) is 5.75 Å². The number of ether oxygens (including phenoxy) is 1. The summed E-state index contributed by atoms with van der Waals surface area (Å²) in [6, 6.07) is 10.6. The minimum Gasteiger partial charge on any atom is -0.497 e. The minimum atomic E-state index is -1.08. The van der Waals surface area contributed by atoms with Crippen LogP contribution in [0, 0.1) is 0 Å². The number of hydrogen-bond donors (Lipinski definition) is 1. The van der Waals surface area contributed by atoms with Gasteiger partial charge < -0.3 is 24.2 Å². The normalized spacial score (nSPS) is 14.1. The van der Waals surface area contributed by atoms with Gasteiger partial charge in [0.05, 0.1) is 12.1 Å². The molecule has 0 bridgehead atoms. The van der Waals surface area contributed by atoms with Gasteiger partial charge in [0.2, 0.25) is 0 Å². The molecule has 1 saturated heterocycles. The molecule has 0 spiro atoms. The van der Waals surface area contributed by atoms with Gasteiger partial charge in [0.1, 0.15) is 11.6 Å². The number of carboxylic acids is 1. The van der Waals surface area contributed by atoms with Crippen LogP contribution in [0.3, 0.4) is 0 Å². The molecular weight excluding hydrogens is 396 g/mol.